The van der Waals surface area contributed by atoms with Crippen LogP contribution >= 0.6 is 0 Å². The van der Waals surface area contributed by atoms with Crippen molar-refractivity contribution in [1.82, 2.24) is 10.3 Å². The number of nitrogens with one attached hydrogen (secondary N) is 2. The Bertz CT molecular complexity index is 280. The van der Waals surface area contributed by atoms with Gasteiger partial charge in [-0.2, -0.15) is 0 Å². The fraction of sp³-hybridized carbons (Fsp3) is 0.500. The van der Waals surface area contributed by atoms with Gasteiger partial charge in [0.2, 0.25) is 5.91 Å². The standard InChI is InChI=1S/C10H17N3O/c1-7(2)9(10(11)14)13-6-8-3-4-12-5-8/h3-5,7,9,12-13H,6H2,1-2H3,(H2,11,14). The highest BCUT2D eigenvalue weighted by atomic mass is 16.1. The van der Waals surface area contributed by atoms with Crippen molar-refractivity contribution in [2.75, 3.05) is 0 Å². The van der Waals surface area contributed by atoms with E-state index in [4.69, 9.17) is 5.73 Å². The highest BCUT2D eigenvalue weighted by molar-refractivity contribution is 5.80. The van der Waals surface area contributed by atoms with Crippen LogP contribution in [0.25, 0.3) is 0 Å². The summed E-state index contributed by atoms with van der Waals surface area (Å²) in [7, 11) is 0. The number of rotatable bonds is 5. The molecule has 1 heterocycles. The van der Waals surface area contributed by atoms with Gasteiger partial charge in [0.15, 0.2) is 0 Å². The van der Waals surface area contributed by atoms with E-state index >= 15 is 0 Å². The normalized spacial score (nSPS) is 13.1. The summed E-state index contributed by atoms with van der Waals surface area (Å²) < 4.78 is 0. The van der Waals surface area contributed by atoms with Crippen LogP contribution in [-0.2, 0) is 11.3 Å². The fourth-order valence-corrected chi connectivity index (χ4v) is 1.36. The molecule has 0 aliphatic heterocycles. The minimum absolute atomic E-state index is 0.214. The van der Waals surface area contributed by atoms with Gasteiger partial charge in [0.25, 0.3) is 0 Å². The zero-order valence-corrected chi connectivity index (χ0v) is 8.58. The molecule has 1 aromatic heterocycles. The van der Waals surface area contributed by atoms with Crippen LogP contribution in [0.2, 0.25) is 0 Å². The molecule has 0 aliphatic carbocycles. The summed E-state index contributed by atoms with van der Waals surface area (Å²) in [6.45, 7) is 4.61. The third kappa shape index (κ3) is 2.88. The SMILES string of the molecule is CC(C)C(NCc1cc[nH]c1)C(N)=O. The van der Waals surface area contributed by atoms with Gasteiger partial charge in [-0.05, 0) is 17.5 Å². The molecule has 14 heavy (non-hydrogen) atoms. The van der Waals surface area contributed by atoms with Crippen LogP contribution in [0.15, 0.2) is 18.5 Å². The molecule has 0 radical (unpaired) electrons. The Morgan fingerprint density at radius 1 is 1.64 bits per heavy atom. The highest BCUT2D eigenvalue weighted by Crippen LogP contribution is 2.03. The first-order valence-corrected chi connectivity index (χ1v) is 4.75. The zero-order chi connectivity index (χ0) is 10.6. The third-order valence-electron chi connectivity index (χ3n) is 2.16. The molecule has 1 rings (SSSR count). The van der Waals surface area contributed by atoms with Crippen molar-refractivity contribution < 1.29 is 4.79 Å². The van der Waals surface area contributed by atoms with Crippen molar-refractivity contribution >= 4 is 5.91 Å². The number of primary amides is 1. The molecule has 0 bridgehead atoms. The Morgan fingerprint density at radius 3 is 2.79 bits per heavy atom. The molecule has 78 valence electrons. The van der Waals surface area contributed by atoms with Gasteiger partial charge < -0.3 is 16.0 Å². The van der Waals surface area contributed by atoms with Gasteiger partial charge in [-0.25, -0.2) is 0 Å². The predicted octanol–water partition coefficient (Wildman–Crippen LogP) is 0.614. The second kappa shape index (κ2) is 4.81. The highest BCUT2D eigenvalue weighted by Gasteiger charge is 2.18. The van der Waals surface area contributed by atoms with Crippen molar-refractivity contribution in [3.8, 4) is 0 Å². The van der Waals surface area contributed by atoms with Crippen LogP contribution in [0.5, 0.6) is 0 Å². The molecule has 0 saturated heterocycles. The maximum Gasteiger partial charge on any atom is 0.234 e. The molecule has 1 atom stereocenters. The lowest BCUT2D eigenvalue weighted by atomic mass is 10.0. The summed E-state index contributed by atoms with van der Waals surface area (Å²) >= 11 is 0. The summed E-state index contributed by atoms with van der Waals surface area (Å²) in [6.07, 6.45) is 3.75. The summed E-state index contributed by atoms with van der Waals surface area (Å²) in [5.41, 5.74) is 6.39. The molecule has 1 unspecified atom stereocenters. The number of amides is 1. The van der Waals surface area contributed by atoms with Gasteiger partial charge >= 0.3 is 0 Å². The predicted molar refractivity (Wildman–Crippen MR) is 55.5 cm³/mol. The topological polar surface area (TPSA) is 70.9 Å². The molecule has 0 aliphatic rings. The minimum atomic E-state index is -0.296. The second-order valence-electron chi connectivity index (χ2n) is 3.72. The number of carbonyl (C=O) groups is 1. The summed E-state index contributed by atoms with van der Waals surface area (Å²) in [4.78, 5) is 14.0. The first kappa shape index (κ1) is 10.8. The number of hydrogen-bond acceptors (Lipinski definition) is 2. The van der Waals surface area contributed by atoms with Crippen LogP contribution in [0.1, 0.15) is 19.4 Å². The van der Waals surface area contributed by atoms with E-state index in [0.717, 1.165) is 5.56 Å². The molecule has 4 nitrogen and oxygen atoms in total. The average Bonchev–Trinajstić information content (AvgIpc) is 2.55. The van der Waals surface area contributed by atoms with Gasteiger partial charge in [-0.3, -0.25) is 4.79 Å². The smallest absolute Gasteiger partial charge is 0.234 e. The van der Waals surface area contributed by atoms with Gasteiger partial charge in [-0.1, -0.05) is 13.8 Å². The number of aromatic amines is 1. The Balaban J connectivity index is 2.45. The third-order valence-corrected chi connectivity index (χ3v) is 2.16. The number of aromatic nitrogens is 1. The molecule has 0 fully saturated rings. The lowest BCUT2D eigenvalue weighted by molar-refractivity contribution is -0.121. The van der Waals surface area contributed by atoms with Crippen LogP contribution in [0.4, 0.5) is 0 Å². The molecule has 1 aromatic rings. The van der Waals surface area contributed by atoms with E-state index in [1.54, 1.807) is 0 Å². The van der Waals surface area contributed by atoms with E-state index in [9.17, 15) is 4.79 Å². The van der Waals surface area contributed by atoms with Crippen molar-refractivity contribution in [1.29, 1.82) is 0 Å². The Labute approximate surface area is 83.9 Å². The lowest BCUT2D eigenvalue weighted by Crippen LogP contribution is -2.44. The van der Waals surface area contributed by atoms with Crippen LogP contribution in [0, 0.1) is 5.92 Å². The van der Waals surface area contributed by atoms with Gasteiger partial charge in [0.05, 0.1) is 6.04 Å². The molecular weight excluding hydrogens is 178 g/mol. The fourth-order valence-electron chi connectivity index (χ4n) is 1.36. The molecule has 4 N–H and O–H groups in total. The lowest BCUT2D eigenvalue weighted by Gasteiger charge is -2.18. The number of hydrogen-bond donors (Lipinski definition) is 3. The summed E-state index contributed by atoms with van der Waals surface area (Å²) in [6, 6.07) is 1.70. The van der Waals surface area contributed by atoms with E-state index in [0.29, 0.717) is 6.54 Å². The van der Waals surface area contributed by atoms with Crippen molar-refractivity contribution in [2.24, 2.45) is 11.7 Å². The van der Waals surface area contributed by atoms with Gasteiger partial charge in [0.1, 0.15) is 0 Å². The molecule has 0 spiro atoms. The number of nitrogens with two attached hydrogens (primary N) is 1. The second-order valence-corrected chi connectivity index (χ2v) is 3.72. The van der Waals surface area contributed by atoms with Crippen molar-refractivity contribution in [3.05, 3.63) is 24.0 Å². The first-order chi connectivity index (χ1) is 6.61. The van der Waals surface area contributed by atoms with Crippen LogP contribution in [-0.4, -0.2) is 16.9 Å². The van der Waals surface area contributed by atoms with Crippen molar-refractivity contribution in [2.45, 2.75) is 26.4 Å². The summed E-state index contributed by atoms with van der Waals surface area (Å²) in [5.74, 6) is -0.0815. The largest absolute Gasteiger partial charge is 0.368 e. The number of H-pyrrole nitrogens is 1. The van der Waals surface area contributed by atoms with E-state index in [2.05, 4.69) is 10.3 Å². The maximum atomic E-state index is 11.1. The van der Waals surface area contributed by atoms with Crippen LogP contribution < -0.4 is 11.1 Å². The van der Waals surface area contributed by atoms with E-state index in [1.165, 1.54) is 0 Å². The van der Waals surface area contributed by atoms with E-state index in [1.807, 2.05) is 32.3 Å². The van der Waals surface area contributed by atoms with Crippen LogP contribution in [0.3, 0.4) is 0 Å². The minimum Gasteiger partial charge on any atom is -0.368 e. The molecule has 0 saturated carbocycles. The van der Waals surface area contributed by atoms with E-state index < -0.39 is 0 Å². The quantitative estimate of drug-likeness (QED) is 0.644. The number of carbonyl (C=O) groups excluding carboxylic acids is 1. The molecule has 0 aromatic carbocycles. The molecular formula is C10H17N3O. The molecule has 1 amide bonds. The molecule has 4 heteroatoms. The average molecular weight is 195 g/mol. The van der Waals surface area contributed by atoms with Crippen molar-refractivity contribution in [3.63, 3.8) is 0 Å². The zero-order valence-electron chi connectivity index (χ0n) is 8.58. The Morgan fingerprint density at radius 2 is 2.36 bits per heavy atom. The Hall–Kier alpha value is -1.29. The maximum absolute atomic E-state index is 11.1. The van der Waals surface area contributed by atoms with Gasteiger partial charge in [-0.15, -0.1) is 0 Å². The monoisotopic (exact) mass is 195 g/mol. The van der Waals surface area contributed by atoms with Gasteiger partial charge in [0, 0.05) is 18.9 Å². The summed E-state index contributed by atoms with van der Waals surface area (Å²) in [5, 5.41) is 3.13. The first-order valence-electron chi connectivity index (χ1n) is 4.75. The van der Waals surface area contributed by atoms with E-state index in [-0.39, 0.29) is 17.9 Å². The Kier molecular flexibility index (Phi) is 3.71.